The Hall–Kier alpha value is -1.11. The smallest absolute Gasteiger partial charge is 0.232 e. The van der Waals surface area contributed by atoms with E-state index in [9.17, 15) is 18.0 Å². The summed E-state index contributed by atoms with van der Waals surface area (Å²) >= 11 is 0. The summed E-state index contributed by atoms with van der Waals surface area (Å²) in [6.07, 6.45) is 0.204. The van der Waals surface area contributed by atoms with Crippen LogP contribution in [0, 0.1) is 0 Å². The minimum Gasteiger partial charge on any atom is -0.351 e. The average molecular weight is 290 g/mol. The molecule has 1 aliphatic heterocycles. The third kappa shape index (κ3) is 5.18. The van der Waals surface area contributed by atoms with Crippen molar-refractivity contribution in [3.8, 4) is 0 Å². The average Bonchev–Trinajstić information content (AvgIpc) is 2.54. The van der Waals surface area contributed by atoms with Gasteiger partial charge in [-0.25, -0.2) is 8.42 Å². The molecule has 1 fully saturated rings. The molecule has 0 aromatic rings. The van der Waals surface area contributed by atoms with Crippen molar-refractivity contribution in [3.05, 3.63) is 0 Å². The van der Waals surface area contributed by atoms with Gasteiger partial charge in [-0.1, -0.05) is 0 Å². The molecule has 0 aromatic heterocycles. The lowest BCUT2D eigenvalue weighted by Gasteiger charge is -2.25. The summed E-state index contributed by atoms with van der Waals surface area (Å²) in [7, 11) is -1.47. The molecule has 1 unspecified atom stereocenters. The van der Waals surface area contributed by atoms with Gasteiger partial charge in [0.2, 0.25) is 11.8 Å². The Morgan fingerprint density at radius 1 is 1.32 bits per heavy atom. The molecule has 1 aliphatic rings. The van der Waals surface area contributed by atoms with Gasteiger partial charge in [-0.15, -0.1) is 0 Å². The Morgan fingerprint density at radius 2 is 1.89 bits per heavy atom. The molecule has 0 aromatic carbocycles. The highest BCUT2D eigenvalue weighted by atomic mass is 32.2. The van der Waals surface area contributed by atoms with Crippen molar-refractivity contribution < 1.29 is 18.0 Å². The minimum atomic E-state index is -3.03. The van der Waals surface area contributed by atoms with Gasteiger partial charge in [0.15, 0.2) is 9.84 Å². The van der Waals surface area contributed by atoms with E-state index in [-0.39, 0.29) is 41.3 Å². The van der Waals surface area contributed by atoms with Crippen LogP contribution >= 0.6 is 0 Å². The third-order valence-corrected chi connectivity index (χ3v) is 4.73. The molecule has 7 heteroatoms. The largest absolute Gasteiger partial charge is 0.351 e. The van der Waals surface area contributed by atoms with Crippen LogP contribution in [-0.2, 0) is 19.4 Å². The maximum atomic E-state index is 11.9. The Balaban J connectivity index is 2.52. The normalized spacial score (nSPS) is 22.0. The third-order valence-electron chi connectivity index (χ3n) is 2.98. The van der Waals surface area contributed by atoms with Gasteiger partial charge in [0.05, 0.1) is 11.5 Å². The van der Waals surface area contributed by atoms with Gasteiger partial charge >= 0.3 is 0 Å². The number of hydrogen-bond acceptors (Lipinski definition) is 4. The predicted molar refractivity (Wildman–Crippen MR) is 72.3 cm³/mol. The number of hydrogen-bond donors (Lipinski definition) is 1. The van der Waals surface area contributed by atoms with E-state index in [1.807, 2.05) is 20.8 Å². The van der Waals surface area contributed by atoms with Crippen molar-refractivity contribution in [1.29, 1.82) is 0 Å². The van der Waals surface area contributed by atoms with Crippen molar-refractivity contribution >= 4 is 21.7 Å². The van der Waals surface area contributed by atoms with Crippen molar-refractivity contribution in [2.75, 3.05) is 18.6 Å². The number of sulfone groups is 1. The van der Waals surface area contributed by atoms with Gasteiger partial charge in [-0.2, -0.15) is 0 Å². The topological polar surface area (TPSA) is 83.6 Å². The second-order valence-corrected chi connectivity index (χ2v) is 8.27. The van der Waals surface area contributed by atoms with E-state index in [0.29, 0.717) is 6.42 Å². The van der Waals surface area contributed by atoms with E-state index in [4.69, 9.17) is 0 Å². The molecule has 1 heterocycles. The lowest BCUT2D eigenvalue weighted by atomic mass is 10.1. The van der Waals surface area contributed by atoms with Gasteiger partial charge in [-0.3, -0.25) is 9.59 Å². The van der Waals surface area contributed by atoms with Crippen LogP contribution in [-0.4, -0.2) is 55.3 Å². The van der Waals surface area contributed by atoms with E-state index in [1.165, 1.54) is 4.90 Å². The number of rotatable bonds is 3. The van der Waals surface area contributed by atoms with Crippen LogP contribution in [0.1, 0.15) is 33.6 Å². The van der Waals surface area contributed by atoms with Crippen LogP contribution in [0.5, 0.6) is 0 Å². The van der Waals surface area contributed by atoms with Gasteiger partial charge in [-0.05, 0) is 27.2 Å². The standard InChI is InChI=1S/C12H22N2O4S/c1-12(2,3)13-10(15)7-11(16)14(4)9-5-6-19(17,18)8-9/h9H,5-8H2,1-4H3,(H,13,15). The van der Waals surface area contributed by atoms with Gasteiger partial charge in [0.1, 0.15) is 6.42 Å². The quantitative estimate of drug-likeness (QED) is 0.738. The molecule has 19 heavy (non-hydrogen) atoms. The summed E-state index contributed by atoms with van der Waals surface area (Å²) in [5.74, 6) is -0.575. The Morgan fingerprint density at radius 3 is 2.32 bits per heavy atom. The molecule has 0 saturated carbocycles. The number of carbonyl (C=O) groups excluding carboxylic acids is 2. The minimum absolute atomic E-state index is 0.00384. The molecule has 1 saturated heterocycles. The maximum absolute atomic E-state index is 11.9. The van der Waals surface area contributed by atoms with Crippen LogP contribution in [0.15, 0.2) is 0 Å². The summed E-state index contributed by atoms with van der Waals surface area (Å²) in [4.78, 5) is 24.9. The van der Waals surface area contributed by atoms with Crippen LogP contribution in [0.2, 0.25) is 0 Å². The molecule has 0 bridgehead atoms. The van der Waals surface area contributed by atoms with Crippen molar-refractivity contribution in [2.45, 2.75) is 45.2 Å². The van der Waals surface area contributed by atoms with Crippen LogP contribution in [0.3, 0.4) is 0 Å². The maximum Gasteiger partial charge on any atom is 0.232 e. The molecule has 6 nitrogen and oxygen atoms in total. The Labute approximate surface area is 114 Å². The number of nitrogens with one attached hydrogen (secondary N) is 1. The highest BCUT2D eigenvalue weighted by molar-refractivity contribution is 7.91. The van der Waals surface area contributed by atoms with Gasteiger partial charge in [0.25, 0.3) is 0 Å². The summed E-state index contributed by atoms with van der Waals surface area (Å²) in [5.41, 5.74) is -0.382. The highest BCUT2D eigenvalue weighted by Gasteiger charge is 2.33. The molecule has 110 valence electrons. The van der Waals surface area contributed by atoms with Crippen molar-refractivity contribution in [1.82, 2.24) is 10.2 Å². The van der Waals surface area contributed by atoms with E-state index in [0.717, 1.165) is 0 Å². The molecule has 1 atom stereocenters. The number of carbonyl (C=O) groups is 2. The first kappa shape index (κ1) is 15.9. The van der Waals surface area contributed by atoms with Crippen molar-refractivity contribution in [3.63, 3.8) is 0 Å². The summed E-state index contributed by atoms with van der Waals surface area (Å²) in [5, 5.41) is 2.71. The fraction of sp³-hybridized carbons (Fsp3) is 0.833. The molecule has 0 radical (unpaired) electrons. The molecule has 1 rings (SSSR count). The van der Waals surface area contributed by atoms with Crippen molar-refractivity contribution in [2.24, 2.45) is 0 Å². The van der Waals surface area contributed by atoms with Crippen LogP contribution in [0.4, 0.5) is 0 Å². The van der Waals surface area contributed by atoms with Crippen LogP contribution < -0.4 is 5.32 Å². The van der Waals surface area contributed by atoms with Gasteiger partial charge in [0, 0.05) is 18.6 Å². The van der Waals surface area contributed by atoms with E-state index in [2.05, 4.69) is 5.32 Å². The van der Waals surface area contributed by atoms with Gasteiger partial charge < -0.3 is 10.2 Å². The summed E-state index contributed by atoms with van der Waals surface area (Å²) in [6, 6.07) is -0.306. The molecule has 0 aliphatic carbocycles. The number of nitrogens with zero attached hydrogens (tertiary/aromatic N) is 1. The first-order chi connectivity index (χ1) is 8.50. The number of amides is 2. The highest BCUT2D eigenvalue weighted by Crippen LogP contribution is 2.17. The van der Waals surface area contributed by atoms with E-state index < -0.39 is 9.84 Å². The zero-order valence-corrected chi connectivity index (χ0v) is 12.7. The first-order valence-electron chi connectivity index (χ1n) is 6.27. The van der Waals surface area contributed by atoms with Crippen LogP contribution in [0.25, 0.3) is 0 Å². The lowest BCUT2D eigenvalue weighted by Crippen LogP contribution is -2.44. The lowest BCUT2D eigenvalue weighted by molar-refractivity contribution is -0.136. The summed E-state index contributed by atoms with van der Waals surface area (Å²) in [6.45, 7) is 5.51. The zero-order chi connectivity index (χ0) is 14.8. The fourth-order valence-electron chi connectivity index (χ4n) is 2.01. The van der Waals surface area contributed by atoms with E-state index in [1.54, 1.807) is 7.05 Å². The molecular formula is C12H22N2O4S. The zero-order valence-electron chi connectivity index (χ0n) is 11.9. The Bertz CT molecular complexity index is 465. The first-order valence-corrected chi connectivity index (χ1v) is 8.09. The fourth-order valence-corrected chi connectivity index (χ4v) is 3.78. The Kier molecular flexibility index (Phi) is 4.60. The predicted octanol–water partition coefficient (Wildman–Crippen LogP) is -0.0633. The molecule has 1 N–H and O–H groups in total. The second-order valence-electron chi connectivity index (χ2n) is 6.04. The monoisotopic (exact) mass is 290 g/mol. The summed E-state index contributed by atoms with van der Waals surface area (Å²) < 4.78 is 22.7. The molecule has 2 amide bonds. The molecule has 0 spiro atoms. The van der Waals surface area contributed by atoms with E-state index >= 15 is 0 Å². The molecular weight excluding hydrogens is 268 g/mol. The SMILES string of the molecule is CN(C(=O)CC(=O)NC(C)(C)C)C1CCS(=O)(=O)C1. The second kappa shape index (κ2) is 5.48.